The summed E-state index contributed by atoms with van der Waals surface area (Å²) in [6.45, 7) is 4.07. The summed E-state index contributed by atoms with van der Waals surface area (Å²) in [7, 11) is 1.70. The second kappa shape index (κ2) is 5.12. The molecule has 1 aromatic heterocycles. The van der Waals surface area contributed by atoms with Gasteiger partial charge < -0.3 is 14.1 Å². The van der Waals surface area contributed by atoms with Crippen molar-refractivity contribution in [2.75, 3.05) is 13.7 Å². The first kappa shape index (κ1) is 12.5. The van der Waals surface area contributed by atoms with Gasteiger partial charge in [0.2, 0.25) is 0 Å². The molecule has 0 saturated heterocycles. The molecule has 2 rings (SSSR count). The first-order chi connectivity index (χ1) is 8.63. The third kappa shape index (κ3) is 2.32. The van der Waals surface area contributed by atoms with Gasteiger partial charge >= 0.3 is 6.09 Å². The molecule has 1 amide bonds. The molecule has 1 unspecified atom stereocenters. The third-order valence-corrected chi connectivity index (χ3v) is 2.99. The Kier molecular flexibility index (Phi) is 3.55. The topological polar surface area (TPSA) is 42.7 Å². The van der Waals surface area contributed by atoms with Gasteiger partial charge in [-0.3, -0.25) is 0 Å². The van der Waals surface area contributed by atoms with Crippen LogP contribution in [0.15, 0.2) is 34.7 Å². The normalized spacial score (nSPS) is 12.4. The van der Waals surface area contributed by atoms with E-state index < -0.39 is 0 Å². The molecule has 18 heavy (non-hydrogen) atoms. The number of rotatable bonds is 3. The molecular weight excluding hydrogens is 230 g/mol. The molecule has 0 N–H and O–H groups in total. The molecule has 0 saturated carbocycles. The van der Waals surface area contributed by atoms with Gasteiger partial charge in [0.25, 0.3) is 0 Å². The van der Waals surface area contributed by atoms with Crippen molar-refractivity contribution in [2.24, 2.45) is 0 Å². The van der Waals surface area contributed by atoms with Crippen molar-refractivity contribution < 1.29 is 13.9 Å². The molecular formula is C14H17NO3. The van der Waals surface area contributed by atoms with E-state index in [-0.39, 0.29) is 12.1 Å². The summed E-state index contributed by atoms with van der Waals surface area (Å²) in [5, 5.41) is 1.04. The Hall–Kier alpha value is -1.97. The van der Waals surface area contributed by atoms with Crippen LogP contribution in [0.3, 0.4) is 0 Å². The van der Waals surface area contributed by atoms with Crippen LogP contribution in [-0.4, -0.2) is 24.6 Å². The number of hydrogen-bond donors (Lipinski definition) is 0. The van der Waals surface area contributed by atoms with Crippen molar-refractivity contribution in [2.45, 2.75) is 19.9 Å². The molecule has 1 atom stereocenters. The molecule has 0 radical (unpaired) electrons. The van der Waals surface area contributed by atoms with E-state index >= 15 is 0 Å². The zero-order valence-corrected chi connectivity index (χ0v) is 10.8. The monoisotopic (exact) mass is 247 g/mol. The lowest BCUT2D eigenvalue weighted by molar-refractivity contribution is 0.101. The highest BCUT2D eigenvalue weighted by Crippen LogP contribution is 2.26. The molecule has 1 heterocycles. The van der Waals surface area contributed by atoms with Gasteiger partial charge in [0, 0.05) is 12.4 Å². The summed E-state index contributed by atoms with van der Waals surface area (Å²) in [5.74, 6) is 0.756. The molecule has 4 nitrogen and oxygen atoms in total. The Bertz CT molecular complexity index is 514. The standard InChI is InChI=1S/C14H17NO3/c1-4-17-14(16)15(3)10(2)13-9-11-7-5-6-8-12(11)18-13/h5-10H,4H2,1-3H3. The average molecular weight is 247 g/mol. The van der Waals surface area contributed by atoms with E-state index in [0.717, 1.165) is 16.7 Å². The fourth-order valence-electron chi connectivity index (χ4n) is 1.78. The van der Waals surface area contributed by atoms with Gasteiger partial charge in [0.15, 0.2) is 0 Å². The van der Waals surface area contributed by atoms with Gasteiger partial charge in [-0.1, -0.05) is 18.2 Å². The van der Waals surface area contributed by atoms with Crippen LogP contribution in [0.4, 0.5) is 4.79 Å². The number of nitrogens with zero attached hydrogens (tertiary/aromatic N) is 1. The van der Waals surface area contributed by atoms with E-state index in [0.29, 0.717) is 6.61 Å². The molecule has 0 fully saturated rings. The summed E-state index contributed by atoms with van der Waals surface area (Å²) < 4.78 is 10.7. The molecule has 4 heteroatoms. The number of amides is 1. The van der Waals surface area contributed by atoms with E-state index in [1.807, 2.05) is 37.3 Å². The van der Waals surface area contributed by atoms with Crippen molar-refractivity contribution in [1.29, 1.82) is 0 Å². The van der Waals surface area contributed by atoms with Crippen molar-refractivity contribution in [3.8, 4) is 0 Å². The summed E-state index contributed by atoms with van der Waals surface area (Å²) in [6, 6.07) is 9.58. The Balaban J connectivity index is 2.22. The third-order valence-electron chi connectivity index (χ3n) is 2.99. The smallest absolute Gasteiger partial charge is 0.410 e. The number of furan rings is 1. The quantitative estimate of drug-likeness (QED) is 0.832. The highest BCUT2D eigenvalue weighted by molar-refractivity contribution is 5.78. The molecule has 0 spiro atoms. The van der Waals surface area contributed by atoms with E-state index in [1.54, 1.807) is 14.0 Å². The van der Waals surface area contributed by atoms with Crippen LogP contribution in [0, 0.1) is 0 Å². The second-order valence-electron chi connectivity index (χ2n) is 4.17. The summed E-state index contributed by atoms with van der Waals surface area (Å²) in [5.41, 5.74) is 0.830. The number of para-hydroxylation sites is 1. The number of carbonyl (C=O) groups is 1. The van der Waals surface area contributed by atoms with Gasteiger partial charge in [-0.15, -0.1) is 0 Å². The minimum atomic E-state index is -0.342. The maximum absolute atomic E-state index is 11.6. The molecule has 0 aliphatic heterocycles. The van der Waals surface area contributed by atoms with Crippen LogP contribution in [-0.2, 0) is 4.74 Å². The fraction of sp³-hybridized carbons (Fsp3) is 0.357. The lowest BCUT2D eigenvalue weighted by atomic mass is 10.2. The maximum atomic E-state index is 11.6. The molecule has 0 aliphatic carbocycles. The van der Waals surface area contributed by atoms with Crippen LogP contribution in [0.5, 0.6) is 0 Å². The SMILES string of the molecule is CCOC(=O)N(C)C(C)c1cc2ccccc2o1. The predicted octanol–water partition coefficient (Wildman–Crippen LogP) is 3.58. The summed E-state index contributed by atoms with van der Waals surface area (Å²) >= 11 is 0. The largest absolute Gasteiger partial charge is 0.459 e. The number of ether oxygens (including phenoxy) is 1. The lowest BCUT2D eigenvalue weighted by Gasteiger charge is -2.22. The highest BCUT2D eigenvalue weighted by atomic mass is 16.6. The average Bonchev–Trinajstić information content (AvgIpc) is 2.81. The number of hydrogen-bond acceptors (Lipinski definition) is 3. The fourth-order valence-corrected chi connectivity index (χ4v) is 1.78. The minimum absolute atomic E-state index is 0.156. The Morgan fingerprint density at radius 1 is 1.44 bits per heavy atom. The first-order valence-electron chi connectivity index (χ1n) is 6.01. The molecule has 0 bridgehead atoms. The number of benzene rings is 1. The zero-order valence-electron chi connectivity index (χ0n) is 10.8. The first-order valence-corrected chi connectivity index (χ1v) is 6.01. The van der Waals surface area contributed by atoms with Gasteiger partial charge in [-0.2, -0.15) is 0 Å². The van der Waals surface area contributed by atoms with E-state index in [9.17, 15) is 4.79 Å². The Morgan fingerprint density at radius 3 is 2.83 bits per heavy atom. The van der Waals surface area contributed by atoms with Crippen molar-refractivity contribution in [1.82, 2.24) is 4.90 Å². The Labute approximate surface area is 106 Å². The lowest BCUT2D eigenvalue weighted by Crippen LogP contribution is -2.30. The Morgan fingerprint density at radius 2 is 2.17 bits per heavy atom. The number of fused-ring (bicyclic) bond motifs is 1. The van der Waals surface area contributed by atoms with Gasteiger partial charge in [-0.25, -0.2) is 4.79 Å². The molecule has 0 aliphatic rings. The summed E-state index contributed by atoms with van der Waals surface area (Å²) in [6.07, 6.45) is -0.342. The van der Waals surface area contributed by atoms with Crippen molar-refractivity contribution in [3.63, 3.8) is 0 Å². The predicted molar refractivity (Wildman–Crippen MR) is 69.4 cm³/mol. The van der Waals surface area contributed by atoms with Crippen molar-refractivity contribution >= 4 is 17.1 Å². The van der Waals surface area contributed by atoms with E-state index in [4.69, 9.17) is 9.15 Å². The van der Waals surface area contributed by atoms with Crippen LogP contribution in [0.25, 0.3) is 11.0 Å². The summed E-state index contributed by atoms with van der Waals surface area (Å²) in [4.78, 5) is 13.2. The molecule has 96 valence electrons. The van der Waals surface area contributed by atoms with Crippen LogP contribution in [0.2, 0.25) is 0 Å². The number of carbonyl (C=O) groups excluding carboxylic acids is 1. The zero-order chi connectivity index (χ0) is 13.1. The van der Waals surface area contributed by atoms with Gasteiger partial charge in [0.05, 0.1) is 12.6 Å². The van der Waals surface area contributed by atoms with E-state index in [1.165, 1.54) is 4.90 Å². The molecule has 1 aromatic carbocycles. The van der Waals surface area contributed by atoms with Crippen molar-refractivity contribution in [3.05, 3.63) is 36.1 Å². The van der Waals surface area contributed by atoms with Crippen LogP contribution >= 0.6 is 0 Å². The maximum Gasteiger partial charge on any atom is 0.410 e. The van der Waals surface area contributed by atoms with Gasteiger partial charge in [0.1, 0.15) is 11.3 Å². The second-order valence-corrected chi connectivity index (χ2v) is 4.17. The highest BCUT2D eigenvalue weighted by Gasteiger charge is 2.21. The van der Waals surface area contributed by atoms with Gasteiger partial charge in [-0.05, 0) is 26.0 Å². The van der Waals surface area contributed by atoms with Crippen LogP contribution in [0.1, 0.15) is 25.6 Å². The molecule has 2 aromatic rings. The van der Waals surface area contributed by atoms with Crippen LogP contribution < -0.4 is 0 Å². The minimum Gasteiger partial charge on any atom is -0.459 e. The van der Waals surface area contributed by atoms with E-state index in [2.05, 4.69) is 0 Å².